The second-order valence-electron chi connectivity index (χ2n) is 7.56. The van der Waals surface area contributed by atoms with Crippen LogP contribution in [-0.4, -0.2) is 36.0 Å². The van der Waals surface area contributed by atoms with Crippen LogP contribution in [0.4, 0.5) is 4.79 Å². The number of hydrogen-bond donors (Lipinski definition) is 1. The van der Waals surface area contributed by atoms with Gasteiger partial charge in [-0.05, 0) is 25.1 Å². The van der Waals surface area contributed by atoms with E-state index in [4.69, 9.17) is 0 Å². The SMILES string of the molecule is Cn1c(=O)c2ccccc2n2c(CN3C(=O)NC(C)(c4ccccc4Br)C3=O)nnc12. The van der Waals surface area contributed by atoms with E-state index in [0.717, 1.165) is 9.37 Å². The molecule has 0 radical (unpaired) electrons. The van der Waals surface area contributed by atoms with Gasteiger partial charge in [-0.2, -0.15) is 0 Å². The number of urea groups is 1. The number of nitrogens with one attached hydrogen (secondary N) is 1. The molecule has 1 aliphatic rings. The number of amides is 3. The third-order valence-electron chi connectivity index (χ3n) is 5.68. The average molecular weight is 481 g/mol. The number of hydrogen-bond acceptors (Lipinski definition) is 5. The lowest BCUT2D eigenvalue weighted by Gasteiger charge is -2.23. The fraction of sp³-hybridized carbons (Fsp3) is 0.190. The Bertz CT molecular complexity index is 1460. The van der Waals surface area contributed by atoms with Gasteiger partial charge in [0, 0.05) is 17.1 Å². The number of rotatable bonds is 3. The van der Waals surface area contributed by atoms with Crippen molar-refractivity contribution in [1.82, 2.24) is 29.4 Å². The molecule has 1 N–H and O–H groups in total. The molecular weight excluding hydrogens is 464 g/mol. The third-order valence-corrected chi connectivity index (χ3v) is 6.37. The maximum Gasteiger partial charge on any atom is 0.325 e. The molecule has 3 amide bonds. The van der Waals surface area contributed by atoms with E-state index in [1.54, 1.807) is 42.6 Å². The topological polar surface area (TPSA) is 102 Å². The minimum atomic E-state index is -1.22. The van der Waals surface area contributed by atoms with Crippen LogP contribution in [-0.2, 0) is 23.9 Å². The Balaban J connectivity index is 1.61. The van der Waals surface area contributed by atoms with Gasteiger partial charge >= 0.3 is 6.03 Å². The summed E-state index contributed by atoms with van der Waals surface area (Å²) >= 11 is 3.46. The lowest BCUT2D eigenvalue weighted by molar-refractivity contribution is -0.131. The Hall–Kier alpha value is -3.53. The van der Waals surface area contributed by atoms with Crippen LogP contribution >= 0.6 is 15.9 Å². The second-order valence-corrected chi connectivity index (χ2v) is 8.41. The number of nitrogens with zero attached hydrogens (tertiary/aromatic N) is 5. The van der Waals surface area contributed by atoms with E-state index < -0.39 is 17.5 Å². The highest BCUT2D eigenvalue weighted by Crippen LogP contribution is 2.34. The third kappa shape index (κ3) is 2.71. The fourth-order valence-corrected chi connectivity index (χ4v) is 4.71. The smallest absolute Gasteiger partial charge is 0.319 e. The molecule has 3 heterocycles. The summed E-state index contributed by atoms with van der Waals surface area (Å²) in [5.41, 5.74) is -0.137. The Labute approximate surface area is 184 Å². The van der Waals surface area contributed by atoms with Crippen molar-refractivity contribution in [3.05, 3.63) is 74.7 Å². The number of benzene rings is 2. The number of aryl methyl sites for hydroxylation is 1. The first-order valence-corrected chi connectivity index (χ1v) is 10.3. The molecule has 1 aliphatic heterocycles. The van der Waals surface area contributed by atoms with Crippen LogP contribution in [0.25, 0.3) is 16.7 Å². The second kappa shape index (κ2) is 6.74. The Morgan fingerprint density at radius 3 is 2.52 bits per heavy atom. The number of fused-ring (bicyclic) bond motifs is 3. The van der Waals surface area contributed by atoms with Gasteiger partial charge in [-0.3, -0.25) is 23.5 Å². The van der Waals surface area contributed by atoms with Crippen molar-refractivity contribution in [3.8, 4) is 0 Å². The molecule has 2 aromatic heterocycles. The van der Waals surface area contributed by atoms with Crippen LogP contribution in [0.1, 0.15) is 18.3 Å². The van der Waals surface area contributed by atoms with E-state index >= 15 is 0 Å². The monoisotopic (exact) mass is 480 g/mol. The van der Waals surface area contributed by atoms with Crippen LogP contribution < -0.4 is 10.9 Å². The highest BCUT2D eigenvalue weighted by molar-refractivity contribution is 9.10. The predicted molar refractivity (Wildman–Crippen MR) is 116 cm³/mol. The molecule has 0 aliphatic carbocycles. The zero-order valence-electron chi connectivity index (χ0n) is 16.7. The van der Waals surface area contributed by atoms with Crippen LogP contribution in [0.3, 0.4) is 0 Å². The summed E-state index contributed by atoms with van der Waals surface area (Å²) in [6.07, 6.45) is 0. The van der Waals surface area contributed by atoms with Crippen LogP contribution in [0.5, 0.6) is 0 Å². The lowest BCUT2D eigenvalue weighted by Crippen LogP contribution is -2.41. The highest BCUT2D eigenvalue weighted by atomic mass is 79.9. The summed E-state index contributed by atoms with van der Waals surface area (Å²) in [6, 6.07) is 13.8. The number of imide groups is 1. The van der Waals surface area contributed by atoms with Gasteiger partial charge in [0.2, 0.25) is 5.78 Å². The predicted octanol–water partition coefficient (Wildman–Crippen LogP) is 2.31. The molecule has 2 aromatic carbocycles. The van der Waals surface area contributed by atoms with Crippen molar-refractivity contribution in [2.45, 2.75) is 19.0 Å². The Morgan fingerprint density at radius 2 is 1.74 bits per heavy atom. The molecular formula is C21H17BrN6O3. The summed E-state index contributed by atoms with van der Waals surface area (Å²) < 4.78 is 3.82. The van der Waals surface area contributed by atoms with E-state index in [2.05, 4.69) is 31.4 Å². The van der Waals surface area contributed by atoms with Gasteiger partial charge in [-0.15, -0.1) is 10.2 Å². The lowest BCUT2D eigenvalue weighted by atomic mass is 9.92. The van der Waals surface area contributed by atoms with Crippen molar-refractivity contribution >= 4 is 44.5 Å². The van der Waals surface area contributed by atoms with Gasteiger partial charge in [0.1, 0.15) is 5.54 Å². The summed E-state index contributed by atoms with van der Waals surface area (Å²) in [6.45, 7) is 1.59. The van der Waals surface area contributed by atoms with Gasteiger partial charge < -0.3 is 5.32 Å². The quantitative estimate of drug-likeness (QED) is 0.453. The summed E-state index contributed by atoms with van der Waals surface area (Å²) in [4.78, 5) is 39.9. The van der Waals surface area contributed by atoms with Gasteiger partial charge in [0.05, 0.1) is 17.4 Å². The van der Waals surface area contributed by atoms with Crippen molar-refractivity contribution in [3.63, 3.8) is 0 Å². The molecule has 31 heavy (non-hydrogen) atoms. The summed E-state index contributed by atoms with van der Waals surface area (Å²) in [7, 11) is 1.61. The summed E-state index contributed by atoms with van der Waals surface area (Å²) in [5, 5.41) is 11.6. The van der Waals surface area contributed by atoms with E-state index in [9.17, 15) is 14.4 Å². The highest BCUT2D eigenvalue weighted by Gasteiger charge is 2.50. The van der Waals surface area contributed by atoms with Crippen molar-refractivity contribution < 1.29 is 9.59 Å². The van der Waals surface area contributed by atoms with Crippen LogP contribution in [0, 0.1) is 0 Å². The van der Waals surface area contributed by atoms with E-state index in [-0.39, 0.29) is 12.1 Å². The molecule has 1 atom stereocenters. The molecule has 9 nitrogen and oxygen atoms in total. The molecule has 0 saturated carbocycles. The minimum absolute atomic E-state index is 0.0892. The average Bonchev–Trinajstić information content (AvgIpc) is 3.27. The zero-order chi connectivity index (χ0) is 21.9. The number of carbonyl (C=O) groups excluding carboxylic acids is 2. The molecule has 10 heteroatoms. The van der Waals surface area contributed by atoms with Gasteiger partial charge in [-0.25, -0.2) is 4.79 Å². The molecule has 0 spiro atoms. The molecule has 1 unspecified atom stereocenters. The molecule has 156 valence electrons. The fourth-order valence-electron chi connectivity index (χ4n) is 4.03. The molecule has 5 rings (SSSR count). The van der Waals surface area contributed by atoms with E-state index in [1.807, 2.05) is 24.3 Å². The number of halogens is 1. The molecule has 4 aromatic rings. The number of para-hydroxylation sites is 1. The maximum absolute atomic E-state index is 13.3. The number of carbonyl (C=O) groups is 2. The van der Waals surface area contributed by atoms with E-state index in [1.165, 1.54) is 4.57 Å². The number of aromatic nitrogens is 4. The largest absolute Gasteiger partial charge is 0.325 e. The van der Waals surface area contributed by atoms with Crippen molar-refractivity contribution in [2.75, 3.05) is 0 Å². The van der Waals surface area contributed by atoms with Crippen molar-refractivity contribution in [1.29, 1.82) is 0 Å². The zero-order valence-corrected chi connectivity index (χ0v) is 18.3. The van der Waals surface area contributed by atoms with Gasteiger partial charge in [-0.1, -0.05) is 46.3 Å². The first-order valence-electron chi connectivity index (χ1n) is 9.54. The van der Waals surface area contributed by atoms with Crippen LogP contribution in [0.15, 0.2) is 57.8 Å². The van der Waals surface area contributed by atoms with Crippen LogP contribution in [0.2, 0.25) is 0 Å². The van der Waals surface area contributed by atoms with Crippen molar-refractivity contribution in [2.24, 2.45) is 7.05 Å². The first kappa shape index (κ1) is 19.4. The normalized spacial score (nSPS) is 18.9. The standard InChI is InChI=1S/C21H17BrN6O3/c1-21(13-8-4-5-9-14(13)22)18(30)27(20(31)23-21)11-16-24-25-19-26(2)17(29)12-7-3-6-10-15(12)28(16)19/h3-10H,11H2,1-2H3,(H,23,31). The molecule has 1 fully saturated rings. The van der Waals surface area contributed by atoms with Gasteiger partial charge in [0.25, 0.3) is 11.5 Å². The van der Waals surface area contributed by atoms with Gasteiger partial charge in [0.15, 0.2) is 5.82 Å². The molecule has 0 bridgehead atoms. The maximum atomic E-state index is 13.3. The van der Waals surface area contributed by atoms with E-state index in [0.29, 0.717) is 28.1 Å². The Kier molecular flexibility index (Phi) is 4.23. The first-order chi connectivity index (χ1) is 14.8. The molecule has 1 saturated heterocycles. The summed E-state index contributed by atoms with van der Waals surface area (Å²) in [5.74, 6) is 0.316. The minimum Gasteiger partial charge on any atom is -0.319 e. The Morgan fingerprint density at radius 1 is 1.03 bits per heavy atom.